The number of aromatic hydroxyl groups is 1. The van der Waals surface area contributed by atoms with Crippen LogP contribution < -0.4 is 9.64 Å². The number of benzene rings is 3. The summed E-state index contributed by atoms with van der Waals surface area (Å²) in [5.41, 5.74) is 2.43. The van der Waals surface area contributed by atoms with Gasteiger partial charge in [-0.05, 0) is 61.4 Å². The van der Waals surface area contributed by atoms with E-state index in [2.05, 4.69) is 0 Å². The van der Waals surface area contributed by atoms with E-state index in [1.165, 1.54) is 17.0 Å². The predicted octanol–water partition coefficient (Wildman–Crippen LogP) is 4.73. The van der Waals surface area contributed by atoms with Crippen molar-refractivity contribution in [3.63, 3.8) is 0 Å². The number of anilines is 1. The molecule has 2 N–H and O–H groups in total. The fourth-order valence-corrected chi connectivity index (χ4v) is 3.90. The number of aliphatic hydroxyl groups excluding tert-OH is 1. The van der Waals surface area contributed by atoms with Crippen molar-refractivity contribution in [3.8, 4) is 11.5 Å². The van der Waals surface area contributed by atoms with E-state index in [9.17, 15) is 19.8 Å². The third kappa shape index (κ3) is 3.83. The molecule has 32 heavy (non-hydrogen) atoms. The van der Waals surface area contributed by atoms with Crippen LogP contribution in [-0.2, 0) is 9.59 Å². The number of aliphatic hydroxyl groups is 1. The summed E-state index contributed by atoms with van der Waals surface area (Å²) in [5.74, 6) is -1.17. The fourth-order valence-electron chi connectivity index (χ4n) is 3.90. The molecule has 0 bridgehead atoms. The normalized spacial score (nSPS) is 17.6. The first-order chi connectivity index (χ1) is 15.4. The van der Waals surface area contributed by atoms with Gasteiger partial charge in [-0.1, -0.05) is 36.4 Å². The molecule has 1 atom stereocenters. The molecule has 1 fully saturated rings. The summed E-state index contributed by atoms with van der Waals surface area (Å²) in [6, 6.07) is 19.4. The minimum Gasteiger partial charge on any atom is -0.508 e. The molecule has 1 heterocycles. The van der Waals surface area contributed by atoms with Crippen molar-refractivity contribution in [1.82, 2.24) is 0 Å². The molecule has 0 radical (unpaired) electrons. The highest BCUT2D eigenvalue weighted by molar-refractivity contribution is 6.51. The van der Waals surface area contributed by atoms with Crippen molar-refractivity contribution >= 4 is 23.1 Å². The van der Waals surface area contributed by atoms with Gasteiger partial charge in [-0.25, -0.2) is 0 Å². The third-order valence-corrected chi connectivity index (χ3v) is 5.35. The molecular weight excluding hydrogens is 406 g/mol. The van der Waals surface area contributed by atoms with Crippen molar-refractivity contribution in [1.29, 1.82) is 0 Å². The number of rotatable bonds is 5. The smallest absolute Gasteiger partial charge is 0.300 e. The minimum absolute atomic E-state index is 0.0177. The molecule has 1 unspecified atom stereocenters. The summed E-state index contributed by atoms with van der Waals surface area (Å²) in [5, 5.41) is 20.9. The molecule has 0 aliphatic carbocycles. The van der Waals surface area contributed by atoms with E-state index in [1.54, 1.807) is 42.5 Å². The zero-order valence-corrected chi connectivity index (χ0v) is 17.8. The number of aryl methyl sites for hydroxylation is 1. The Morgan fingerprint density at radius 2 is 1.72 bits per heavy atom. The summed E-state index contributed by atoms with van der Waals surface area (Å²) >= 11 is 0. The van der Waals surface area contributed by atoms with Gasteiger partial charge in [-0.15, -0.1) is 0 Å². The number of carbonyl (C=O) groups is 2. The lowest BCUT2D eigenvalue weighted by Crippen LogP contribution is -2.29. The van der Waals surface area contributed by atoms with Gasteiger partial charge < -0.3 is 14.9 Å². The van der Waals surface area contributed by atoms with Gasteiger partial charge >= 0.3 is 0 Å². The molecule has 3 aromatic carbocycles. The maximum atomic E-state index is 13.2. The molecule has 0 aromatic heterocycles. The molecule has 0 saturated carbocycles. The Morgan fingerprint density at radius 3 is 2.41 bits per heavy atom. The summed E-state index contributed by atoms with van der Waals surface area (Å²) in [6.07, 6.45) is 0. The number of carbonyl (C=O) groups excluding carboxylic acids is 2. The van der Waals surface area contributed by atoms with E-state index < -0.39 is 17.7 Å². The topological polar surface area (TPSA) is 87.1 Å². The van der Waals surface area contributed by atoms with Crippen LogP contribution >= 0.6 is 0 Å². The lowest BCUT2D eigenvalue weighted by molar-refractivity contribution is -0.132. The summed E-state index contributed by atoms with van der Waals surface area (Å²) in [6.45, 7) is 4.20. The van der Waals surface area contributed by atoms with Crippen molar-refractivity contribution < 1.29 is 24.5 Å². The second-order valence-electron chi connectivity index (χ2n) is 7.56. The van der Waals surface area contributed by atoms with Crippen molar-refractivity contribution in [2.75, 3.05) is 11.5 Å². The molecule has 1 aliphatic heterocycles. The third-order valence-electron chi connectivity index (χ3n) is 5.35. The van der Waals surface area contributed by atoms with Crippen molar-refractivity contribution in [2.45, 2.75) is 19.9 Å². The molecule has 1 aliphatic rings. The maximum absolute atomic E-state index is 13.2. The highest BCUT2D eigenvalue weighted by Gasteiger charge is 2.47. The first-order valence-corrected chi connectivity index (χ1v) is 10.3. The molecule has 1 amide bonds. The standard InChI is InChI=1S/C26H23NO5/c1-3-32-21-9-5-7-18(15-21)24(29)22-23(17-10-12-20(28)13-11-17)27(26(31)25(22)30)19-8-4-6-16(2)14-19/h4-15,23,28-29H,3H2,1-2H3/b24-22+. The highest BCUT2D eigenvalue weighted by atomic mass is 16.5. The number of phenolic OH excluding ortho intramolecular Hbond substituents is 1. The lowest BCUT2D eigenvalue weighted by Gasteiger charge is -2.25. The van der Waals surface area contributed by atoms with Gasteiger partial charge in [0.15, 0.2) is 0 Å². The minimum atomic E-state index is -0.854. The van der Waals surface area contributed by atoms with Crippen LogP contribution in [0.1, 0.15) is 29.7 Å². The van der Waals surface area contributed by atoms with Gasteiger partial charge in [0.2, 0.25) is 0 Å². The van der Waals surface area contributed by atoms with E-state index in [0.29, 0.717) is 29.2 Å². The number of ether oxygens (including phenoxy) is 1. The first-order valence-electron chi connectivity index (χ1n) is 10.3. The van der Waals surface area contributed by atoms with Crippen LogP contribution in [0, 0.1) is 6.92 Å². The number of hydrogen-bond acceptors (Lipinski definition) is 5. The van der Waals surface area contributed by atoms with Crippen LogP contribution in [0.25, 0.3) is 5.76 Å². The Balaban J connectivity index is 1.92. The fraction of sp³-hybridized carbons (Fsp3) is 0.154. The van der Waals surface area contributed by atoms with Gasteiger partial charge in [0.05, 0.1) is 18.2 Å². The Bertz CT molecular complexity index is 1210. The second kappa shape index (κ2) is 8.59. The summed E-state index contributed by atoms with van der Waals surface area (Å²) in [7, 11) is 0. The molecule has 6 heteroatoms. The SMILES string of the molecule is CCOc1cccc(/C(O)=C2\C(=O)C(=O)N(c3cccc(C)c3)C2c2ccc(O)cc2)c1. The van der Waals surface area contributed by atoms with Crippen LogP contribution in [0.15, 0.2) is 78.4 Å². The average Bonchev–Trinajstić information content (AvgIpc) is 3.05. The predicted molar refractivity (Wildman–Crippen MR) is 122 cm³/mol. The van der Waals surface area contributed by atoms with E-state index in [1.807, 2.05) is 32.0 Å². The largest absolute Gasteiger partial charge is 0.508 e. The maximum Gasteiger partial charge on any atom is 0.300 e. The zero-order chi connectivity index (χ0) is 22.8. The zero-order valence-electron chi connectivity index (χ0n) is 17.8. The first kappa shape index (κ1) is 21.2. The van der Waals surface area contributed by atoms with Crippen LogP contribution in [0.4, 0.5) is 5.69 Å². The van der Waals surface area contributed by atoms with Crippen molar-refractivity contribution in [2.24, 2.45) is 0 Å². The molecule has 162 valence electrons. The van der Waals surface area contributed by atoms with Crippen LogP contribution in [0.5, 0.6) is 11.5 Å². The number of phenols is 1. The van der Waals surface area contributed by atoms with Gasteiger partial charge in [0, 0.05) is 11.3 Å². The number of Topliss-reactive ketones (excluding diaryl/α,β-unsaturated/α-hetero) is 1. The van der Waals surface area contributed by atoms with Crippen LogP contribution in [-0.4, -0.2) is 28.5 Å². The van der Waals surface area contributed by atoms with Gasteiger partial charge in [0.1, 0.15) is 17.3 Å². The van der Waals surface area contributed by atoms with E-state index >= 15 is 0 Å². The molecule has 4 rings (SSSR count). The van der Waals surface area contributed by atoms with Gasteiger partial charge in [-0.3, -0.25) is 14.5 Å². The Labute approximate surface area is 186 Å². The summed E-state index contributed by atoms with van der Waals surface area (Å²) in [4.78, 5) is 27.7. The molecule has 0 spiro atoms. The molecule has 1 saturated heterocycles. The lowest BCUT2D eigenvalue weighted by atomic mass is 9.95. The monoisotopic (exact) mass is 429 g/mol. The van der Waals surface area contributed by atoms with Gasteiger partial charge in [-0.2, -0.15) is 0 Å². The Hall–Kier alpha value is -4.06. The highest BCUT2D eigenvalue weighted by Crippen LogP contribution is 2.42. The molecule has 6 nitrogen and oxygen atoms in total. The van der Waals surface area contributed by atoms with E-state index in [4.69, 9.17) is 4.74 Å². The van der Waals surface area contributed by atoms with E-state index in [-0.39, 0.29) is 17.1 Å². The Kier molecular flexibility index (Phi) is 5.69. The average molecular weight is 429 g/mol. The van der Waals surface area contributed by atoms with Crippen LogP contribution in [0.2, 0.25) is 0 Å². The van der Waals surface area contributed by atoms with Crippen molar-refractivity contribution in [3.05, 3.63) is 95.1 Å². The van der Waals surface area contributed by atoms with Gasteiger partial charge in [0.25, 0.3) is 11.7 Å². The number of amides is 1. The van der Waals surface area contributed by atoms with E-state index in [0.717, 1.165) is 5.56 Å². The van der Waals surface area contributed by atoms with Crippen LogP contribution in [0.3, 0.4) is 0 Å². The molecule has 3 aromatic rings. The number of nitrogens with zero attached hydrogens (tertiary/aromatic N) is 1. The summed E-state index contributed by atoms with van der Waals surface area (Å²) < 4.78 is 5.51. The number of hydrogen-bond donors (Lipinski definition) is 2. The quantitative estimate of drug-likeness (QED) is 0.348. The second-order valence-corrected chi connectivity index (χ2v) is 7.56. The number of ketones is 1. The molecular formula is C26H23NO5. The Morgan fingerprint density at radius 1 is 1.00 bits per heavy atom.